The van der Waals surface area contributed by atoms with Gasteiger partial charge in [-0.15, -0.1) is 0 Å². The van der Waals surface area contributed by atoms with Gasteiger partial charge in [0.05, 0.1) is 12.3 Å². The largest absolute Gasteiger partial charge is 0.488 e. The van der Waals surface area contributed by atoms with Crippen LogP contribution in [0.5, 0.6) is 5.75 Å². The molecule has 0 N–H and O–H groups in total. The molecule has 0 spiro atoms. The van der Waals surface area contributed by atoms with Crippen LogP contribution in [-0.4, -0.2) is 17.6 Å². The number of aromatic nitrogens is 1. The van der Waals surface area contributed by atoms with Gasteiger partial charge in [0.15, 0.2) is 0 Å². The van der Waals surface area contributed by atoms with Crippen molar-refractivity contribution in [1.29, 1.82) is 0 Å². The number of rotatable bonds is 7. The summed E-state index contributed by atoms with van der Waals surface area (Å²) < 4.78 is 38.4. The smallest absolute Gasteiger partial charge is 0.356 e. The molecule has 0 saturated heterocycles. The van der Waals surface area contributed by atoms with Crippen LogP contribution in [-0.2, 0) is 11.3 Å². The Hall–Kier alpha value is -3.25. The Morgan fingerprint density at radius 1 is 1.03 bits per heavy atom. The first kappa shape index (κ1) is 23.9. The minimum Gasteiger partial charge on any atom is -0.488 e. The highest BCUT2D eigenvalue weighted by Crippen LogP contribution is 2.42. The first-order valence-corrected chi connectivity index (χ1v) is 11.6. The quantitative estimate of drug-likeness (QED) is 0.332. The summed E-state index contributed by atoms with van der Waals surface area (Å²) in [5.74, 6) is -1.21. The number of nitrogens with zero attached hydrogens (tertiary/aromatic N) is 1. The summed E-state index contributed by atoms with van der Waals surface area (Å²) in [7, 11) is 0. The van der Waals surface area contributed by atoms with Crippen molar-refractivity contribution in [3.8, 4) is 5.75 Å². The van der Waals surface area contributed by atoms with Crippen LogP contribution in [0.2, 0.25) is 5.02 Å². The maximum atomic E-state index is 14.1. The average Bonchev–Trinajstić information content (AvgIpc) is 2.84. The van der Waals surface area contributed by atoms with E-state index in [1.165, 1.54) is 12.1 Å². The van der Waals surface area contributed by atoms with Crippen molar-refractivity contribution < 1.29 is 23.0 Å². The van der Waals surface area contributed by atoms with Gasteiger partial charge in [0.1, 0.15) is 29.7 Å². The van der Waals surface area contributed by atoms with E-state index in [1.807, 2.05) is 12.1 Å². The van der Waals surface area contributed by atoms with Crippen molar-refractivity contribution in [2.24, 2.45) is 0 Å². The molecule has 1 aliphatic carbocycles. The van der Waals surface area contributed by atoms with Gasteiger partial charge in [-0.05, 0) is 86.2 Å². The zero-order chi connectivity index (χ0) is 24.1. The van der Waals surface area contributed by atoms with E-state index in [2.05, 4.69) is 4.98 Å². The van der Waals surface area contributed by atoms with Crippen LogP contribution < -0.4 is 4.74 Å². The van der Waals surface area contributed by atoms with Gasteiger partial charge < -0.3 is 9.47 Å². The van der Waals surface area contributed by atoms with Crippen molar-refractivity contribution in [2.75, 3.05) is 6.61 Å². The standard InChI is InChI=1S/C27H24ClF2NO3/c1-2-33-27(32)25-9-5-8-24(31-25)21-7-4-3-6-20(21)22-14-18(28)11-13-26(22)34-16-17-10-12-19(29)15-23(17)30/h5,8-15H,2-4,6-7,16H2,1H3. The Labute approximate surface area is 202 Å². The number of allylic oxidation sites excluding steroid dienone is 2. The minimum atomic E-state index is -0.659. The van der Waals surface area contributed by atoms with Crippen LogP contribution >= 0.6 is 11.6 Å². The molecule has 1 aromatic heterocycles. The molecule has 0 radical (unpaired) electrons. The molecule has 0 atom stereocenters. The molecule has 4 nitrogen and oxygen atoms in total. The van der Waals surface area contributed by atoms with E-state index >= 15 is 0 Å². The van der Waals surface area contributed by atoms with E-state index in [9.17, 15) is 13.6 Å². The highest BCUT2D eigenvalue weighted by Gasteiger charge is 2.21. The van der Waals surface area contributed by atoms with Crippen LogP contribution in [0.25, 0.3) is 11.1 Å². The molecule has 0 fully saturated rings. The molecule has 176 valence electrons. The van der Waals surface area contributed by atoms with E-state index in [0.717, 1.165) is 48.5 Å². The number of pyridine rings is 1. The number of esters is 1. The summed E-state index contributed by atoms with van der Waals surface area (Å²) in [6, 6.07) is 14.0. The third-order valence-electron chi connectivity index (χ3n) is 5.68. The van der Waals surface area contributed by atoms with Crippen molar-refractivity contribution in [3.05, 3.63) is 93.8 Å². The molecule has 0 aliphatic heterocycles. The van der Waals surface area contributed by atoms with Gasteiger partial charge >= 0.3 is 5.97 Å². The van der Waals surface area contributed by atoms with E-state index in [0.29, 0.717) is 16.5 Å². The number of ether oxygens (including phenoxy) is 2. The summed E-state index contributed by atoms with van der Waals surface area (Å²) in [6.45, 7) is 1.97. The fourth-order valence-corrected chi connectivity index (χ4v) is 4.24. The predicted molar refractivity (Wildman–Crippen MR) is 128 cm³/mol. The molecule has 7 heteroatoms. The van der Waals surface area contributed by atoms with Crippen LogP contribution in [0.15, 0.2) is 54.6 Å². The highest BCUT2D eigenvalue weighted by molar-refractivity contribution is 6.30. The third-order valence-corrected chi connectivity index (χ3v) is 5.91. The predicted octanol–water partition coefficient (Wildman–Crippen LogP) is 7.25. The summed E-state index contributed by atoms with van der Waals surface area (Å²) in [4.78, 5) is 16.8. The van der Waals surface area contributed by atoms with Crippen molar-refractivity contribution >= 4 is 28.7 Å². The summed E-state index contributed by atoms with van der Waals surface area (Å²) in [6.07, 6.45) is 3.53. The average molecular weight is 484 g/mol. The lowest BCUT2D eigenvalue weighted by Crippen LogP contribution is -2.09. The number of halogens is 3. The normalized spacial score (nSPS) is 13.6. The third kappa shape index (κ3) is 5.45. The van der Waals surface area contributed by atoms with E-state index in [-0.39, 0.29) is 24.5 Å². The van der Waals surface area contributed by atoms with E-state index in [4.69, 9.17) is 21.1 Å². The van der Waals surface area contributed by atoms with Gasteiger partial charge in [-0.2, -0.15) is 0 Å². The Kier molecular flexibility index (Phi) is 7.58. The Morgan fingerprint density at radius 2 is 1.82 bits per heavy atom. The SMILES string of the molecule is CCOC(=O)c1cccc(C2=C(c3cc(Cl)ccc3OCc3ccc(F)cc3F)CCCC2)n1. The van der Waals surface area contributed by atoms with Gasteiger partial charge in [0.25, 0.3) is 0 Å². The molecule has 0 saturated carbocycles. The van der Waals surface area contributed by atoms with Crippen LogP contribution in [0.4, 0.5) is 8.78 Å². The molecule has 3 aromatic rings. The zero-order valence-corrected chi connectivity index (χ0v) is 19.5. The number of carbonyl (C=O) groups is 1. The molecule has 34 heavy (non-hydrogen) atoms. The lowest BCUT2D eigenvalue weighted by atomic mass is 9.85. The fraction of sp³-hybridized carbons (Fsp3) is 0.259. The topological polar surface area (TPSA) is 48.4 Å². The monoisotopic (exact) mass is 483 g/mol. The molecule has 4 rings (SSSR count). The fourth-order valence-electron chi connectivity index (χ4n) is 4.06. The number of carbonyl (C=O) groups excluding carboxylic acids is 1. The molecule has 2 aromatic carbocycles. The maximum Gasteiger partial charge on any atom is 0.356 e. The maximum absolute atomic E-state index is 14.1. The second kappa shape index (κ2) is 10.8. The second-order valence-corrected chi connectivity index (χ2v) is 8.39. The van der Waals surface area contributed by atoms with Gasteiger partial charge in [-0.25, -0.2) is 18.6 Å². The van der Waals surface area contributed by atoms with Crippen LogP contribution in [0.3, 0.4) is 0 Å². The molecule has 0 bridgehead atoms. The van der Waals surface area contributed by atoms with Crippen molar-refractivity contribution in [1.82, 2.24) is 4.98 Å². The number of benzene rings is 2. The zero-order valence-electron chi connectivity index (χ0n) is 18.7. The lowest BCUT2D eigenvalue weighted by Gasteiger charge is -2.23. The first-order valence-electron chi connectivity index (χ1n) is 11.2. The van der Waals surface area contributed by atoms with Crippen molar-refractivity contribution in [3.63, 3.8) is 0 Å². The van der Waals surface area contributed by atoms with E-state index < -0.39 is 17.6 Å². The lowest BCUT2D eigenvalue weighted by molar-refractivity contribution is 0.0519. The van der Waals surface area contributed by atoms with Gasteiger partial charge in [0.2, 0.25) is 0 Å². The van der Waals surface area contributed by atoms with Crippen LogP contribution in [0.1, 0.15) is 59.9 Å². The summed E-state index contributed by atoms with van der Waals surface area (Å²) >= 11 is 6.33. The van der Waals surface area contributed by atoms with Gasteiger partial charge in [-0.1, -0.05) is 17.7 Å². The Morgan fingerprint density at radius 3 is 2.59 bits per heavy atom. The molecule has 0 amide bonds. The summed E-state index contributed by atoms with van der Waals surface area (Å²) in [5.41, 5.74) is 4.05. The van der Waals surface area contributed by atoms with Gasteiger partial charge in [0, 0.05) is 22.2 Å². The molecule has 0 unspecified atom stereocenters. The molecule has 1 aliphatic rings. The molecular formula is C27H24ClF2NO3. The number of hydrogen-bond acceptors (Lipinski definition) is 4. The van der Waals surface area contributed by atoms with E-state index in [1.54, 1.807) is 31.2 Å². The van der Waals surface area contributed by atoms with Gasteiger partial charge in [-0.3, -0.25) is 0 Å². The van der Waals surface area contributed by atoms with Crippen molar-refractivity contribution in [2.45, 2.75) is 39.2 Å². The minimum absolute atomic E-state index is 0.0556. The highest BCUT2D eigenvalue weighted by atomic mass is 35.5. The van der Waals surface area contributed by atoms with Crippen LogP contribution in [0, 0.1) is 11.6 Å². The molecule has 1 heterocycles. The summed E-state index contributed by atoms with van der Waals surface area (Å²) in [5, 5.41) is 0.543. The second-order valence-electron chi connectivity index (χ2n) is 7.96. The Bertz CT molecular complexity index is 1240. The molecular weight excluding hydrogens is 460 g/mol. The Balaban J connectivity index is 1.72. The number of hydrogen-bond donors (Lipinski definition) is 0. The first-order chi connectivity index (χ1) is 16.5.